The fourth-order valence-electron chi connectivity index (χ4n) is 2.60. The van der Waals surface area contributed by atoms with Crippen molar-refractivity contribution in [2.75, 3.05) is 5.73 Å². The lowest BCUT2D eigenvalue weighted by molar-refractivity contribution is 0.664. The van der Waals surface area contributed by atoms with Gasteiger partial charge >= 0.3 is 0 Å². The first-order chi connectivity index (χ1) is 9.24. The van der Waals surface area contributed by atoms with Crippen LogP contribution in [0.25, 0.3) is 11.5 Å². The van der Waals surface area contributed by atoms with Crippen LogP contribution in [0.1, 0.15) is 43.0 Å². The Labute approximate surface area is 112 Å². The average Bonchev–Trinajstić information content (AvgIpc) is 2.92. The lowest BCUT2D eigenvalue weighted by Crippen LogP contribution is -2.08. The quantitative estimate of drug-likeness (QED) is 0.892. The lowest BCUT2D eigenvalue weighted by Gasteiger charge is -2.10. The Morgan fingerprint density at radius 3 is 2.68 bits per heavy atom. The minimum atomic E-state index is 0.289. The van der Waals surface area contributed by atoms with Gasteiger partial charge in [-0.2, -0.15) is 9.97 Å². The predicted molar refractivity (Wildman–Crippen MR) is 73.4 cm³/mol. The molecule has 0 aromatic carbocycles. The molecular weight excluding hydrogens is 238 g/mol. The van der Waals surface area contributed by atoms with Crippen LogP contribution in [0.2, 0.25) is 0 Å². The minimum absolute atomic E-state index is 0.289. The van der Waals surface area contributed by atoms with Gasteiger partial charge in [-0.05, 0) is 31.4 Å². The monoisotopic (exact) mass is 255 g/mol. The van der Waals surface area contributed by atoms with Crippen LogP contribution < -0.4 is 5.73 Å². The normalized spacial score (nSPS) is 15.8. The highest BCUT2D eigenvalue weighted by atomic mass is 15.1. The predicted octanol–water partition coefficient (Wildman–Crippen LogP) is 2.48. The number of aromatic nitrogens is 4. The molecule has 0 radical (unpaired) electrons. The second-order valence-corrected chi connectivity index (χ2v) is 5.03. The first-order valence-electron chi connectivity index (χ1n) is 6.67. The topological polar surface area (TPSA) is 77.6 Å². The zero-order valence-corrected chi connectivity index (χ0v) is 11.0. The van der Waals surface area contributed by atoms with E-state index in [4.69, 9.17) is 5.73 Å². The number of nitrogen functional groups attached to an aromatic ring is 1. The van der Waals surface area contributed by atoms with Crippen molar-refractivity contribution in [3.63, 3.8) is 0 Å². The standard InChI is InChI=1S/C14H17N5/c1-9-5-4-8-16-11(9)13-17-12(18-14(15)19-13)10-6-2-3-7-10/h4-5,8,10H,2-3,6-7H2,1H3,(H2,15,17,18,19). The van der Waals surface area contributed by atoms with Gasteiger partial charge in [0.1, 0.15) is 11.5 Å². The Morgan fingerprint density at radius 1 is 1.16 bits per heavy atom. The van der Waals surface area contributed by atoms with Gasteiger partial charge in [0.2, 0.25) is 5.95 Å². The summed E-state index contributed by atoms with van der Waals surface area (Å²) in [6, 6.07) is 3.90. The molecule has 1 aliphatic carbocycles. The molecule has 1 aliphatic rings. The van der Waals surface area contributed by atoms with E-state index >= 15 is 0 Å². The third kappa shape index (κ3) is 2.41. The van der Waals surface area contributed by atoms with E-state index in [0.29, 0.717) is 11.7 Å². The van der Waals surface area contributed by atoms with Crippen LogP contribution in [0.4, 0.5) is 5.95 Å². The molecule has 5 nitrogen and oxygen atoms in total. The molecule has 0 unspecified atom stereocenters. The molecule has 2 heterocycles. The van der Waals surface area contributed by atoms with Crippen molar-refractivity contribution in [3.05, 3.63) is 29.7 Å². The molecule has 98 valence electrons. The van der Waals surface area contributed by atoms with Crippen molar-refractivity contribution in [1.82, 2.24) is 19.9 Å². The first kappa shape index (κ1) is 12.0. The third-order valence-corrected chi connectivity index (χ3v) is 3.61. The molecule has 0 bridgehead atoms. The van der Waals surface area contributed by atoms with E-state index in [-0.39, 0.29) is 5.95 Å². The molecule has 0 amide bonds. The summed E-state index contributed by atoms with van der Waals surface area (Å²) in [5, 5.41) is 0. The van der Waals surface area contributed by atoms with Gasteiger partial charge in [0.05, 0.1) is 0 Å². The average molecular weight is 255 g/mol. The zero-order chi connectivity index (χ0) is 13.2. The van der Waals surface area contributed by atoms with Gasteiger partial charge in [-0.15, -0.1) is 0 Å². The van der Waals surface area contributed by atoms with E-state index in [9.17, 15) is 0 Å². The second-order valence-electron chi connectivity index (χ2n) is 5.03. The molecule has 3 rings (SSSR count). The smallest absolute Gasteiger partial charge is 0.223 e. The van der Waals surface area contributed by atoms with Crippen LogP contribution in [0, 0.1) is 6.92 Å². The van der Waals surface area contributed by atoms with E-state index in [2.05, 4.69) is 19.9 Å². The molecule has 0 spiro atoms. The van der Waals surface area contributed by atoms with Gasteiger partial charge < -0.3 is 5.73 Å². The third-order valence-electron chi connectivity index (χ3n) is 3.61. The fraction of sp³-hybridized carbons (Fsp3) is 0.429. The Hall–Kier alpha value is -2.04. The SMILES string of the molecule is Cc1cccnc1-c1nc(N)nc(C2CCCC2)n1. The van der Waals surface area contributed by atoms with Crippen LogP contribution in [0.15, 0.2) is 18.3 Å². The molecule has 2 aromatic heterocycles. The molecule has 5 heteroatoms. The maximum Gasteiger partial charge on any atom is 0.223 e. The molecule has 0 aliphatic heterocycles. The fourth-order valence-corrected chi connectivity index (χ4v) is 2.60. The van der Waals surface area contributed by atoms with Gasteiger partial charge in [0, 0.05) is 12.1 Å². The minimum Gasteiger partial charge on any atom is -0.368 e. The number of hydrogen-bond acceptors (Lipinski definition) is 5. The van der Waals surface area contributed by atoms with Gasteiger partial charge in [-0.25, -0.2) is 4.98 Å². The maximum atomic E-state index is 5.82. The summed E-state index contributed by atoms with van der Waals surface area (Å²) in [4.78, 5) is 17.5. The molecule has 1 fully saturated rings. The first-order valence-corrected chi connectivity index (χ1v) is 6.67. The number of aryl methyl sites for hydroxylation is 1. The van der Waals surface area contributed by atoms with Gasteiger partial charge in [0.15, 0.2) is 5.82 Å². The molecule has 2 aromatic rings. The lowest BCUT2D eigenvalue weighted by atomic mass is 10.1. The molecule has 0 saturated heterocycles. The van der Waals surface area contributed by atoms with Gasteiger partial charge in [0.25, 0.3) is 0 Å². The van der Waals surface area contributed by atoms with E-state index in [1.54, 1.807) is 6.20 Å². The van der Waals surface area contributed by atoms with E-state index < -0.39 is 0 Å². The number of anilines is 1. The summed E-state index contributed by atoms with van der Waals surface area (Å²) in [5.41, 5.74) is 7.66. The maximum absolute atomic E-state index is 5.82. The second kappa shape index (κ2) is 4.91. The van der Waals surface area contributed by atoms with Crippen LogP contribution in [0.3, 0.4) is 0 Å². The molecule has 1 saturated carbocycles. The summed E-state index contributed by atoms with van der Waals surface area (Å²) in [7, 11) is 0. The van der Waals surface area contributed by atoms with Crippen molar-refractivity contribution in [2.45, 2.75) is 38.5 Å². The highest BCUT2D eigenvalue weighted by Crippen LogP contribution is 2.32. The van der Waals surface area contributed by atoms with E-state index in [1.807, 2.05) is 19.1 Å². The number of hydrogen-bond donors (Lipinski definition) is 1. The number of nitrogens with two attached hydrogens (primary N) is 1. The van der Waals surface area contributed by atoms with E-state index in [1.165, 1.54) is 12.8 Å². The molecular formula is C14H17N5. The highest BCUT2D eigenvalue weighted by molar-refractivity contribution is 5.55. The number of rotatable bonds is 2. The summed E-state index contributed by atoms with van der Waals surface area (Å²) >= 11 is 0. The van der Waals surface area contributed by atoms with E-state index in [0.717, 1.165) is 29.9 Å². The van der Waals surface area contributed by atoms with Crippen molar-refractivity contribution in [2.24, 2.45) is 0 Å². The zero-order valence-electron chi connectivity index (χ0n) is 11.0. The van der Waals surface area contributed by atoms with Crippen LogP contribution in [0.5, 0.6) is 0 Å². The van der Waals surface area contributed by atoms with Crippen molar-refractivity contribution in [3.8, 4) is 11.5 Å². The highest BCUT2D eigenvalue weighted by Gasteiger charge is 2.21. The Morgan fingerprint density at radius 2 is 1.95 bits per heavy atom. The van der Waals surface area contributed by atoms with Gasteiger partial charge in [-0.3, -0.25) is 4.98 Å². The van der Waals surface area contributed by atoms with Crippen molar-refractivity contribution < 1.29 is 0 Å². The Bertz CT molecular complexity index is 590. The van der Waals surface area contributed by atoms with Crippen LogP contribution >= 0.6 is 0 Å². The molecule has 2 N–H and O–H groups in total. The van der Waals surface area contributed by atoms with Crippen molar-refractivity contribution in [1.29, 1.82) is 0 Å². The van der Waals surface area contributed by atoms with Gasteiger partial charge in [-0.1, -0.05) is 18.9 Å². The summed E-state index contributed by atoms with van der Waals surface area (Å²) in [6.45, 7) is 2.00. The van der Waals surface area contributed by atoms with Crippen LogP contribution in [-0.4, -0.2) is 19.9 Å². The van der Waals surface area contributed by atoms with Crippen molar-refractivity contribution >= 4 is 5.95 Å². The Kier molecular flexibility index (Phi) is 3.11. The summed E-state index contributed by atoms with van der Waals surface area (Å²) in [5.74, 6) is 2.13. The number of pyridine rings is 1. The molecule has 0 atom stereocenters. The van der Waals surface area contributed by atoms with Crippen LogP contribution in [-0.2, 0) is 0 Å². The Balaban J connectivity index is 2.04. The number of nitrogens with zero attached hydrogens (tertiary/aromatic N) is 4. The summed E-state index contributed by atoms with van der Waals surface area (Å²) in [6.07, 6.45) is 6.52. The summed E-state index contributed by atoms with van der Waals surface area (Å²) < 4.78 is 0. The molecule has 19 heavy (non-hydrogen) atoms. The largest absolute Gasteiger partial charge is 0.368 e.